The molecule has 5 rings (SSSR count). The Morgan fingerprint density at radius 1 is 1.00 bits per heavy atom. The van der Waals surface area contributed by atoms with Crippen molar-refractivity contribution in [3.8, 4) is 22.6 Å². The van der Waals surface area contributed by atoms with E-state index in [1.54, 1.807) is 19.3 Å². The molecule has 0 atom stereocenters. The second kappa shape index (κ2) is 11.4. The number of halogens is 1. The van der Waals surface area contributed by atoms with Gasteiger partial charge in [0.25, 0.3) is 11.5 Å². The van der Waals surface area contributed by atoms with Crippen LogP contribution in [0.1, 0.15) is 52.9 Å². The van der Waals surface area contributed by atoms with Crippen LogP contribution in [0.15, 0.2) is 47.4 Å². The summed E-state index contributed by atoms with van der Waals surface area (Å²) in [7, 11) is 3.09. The van der Waals surface area contributed by atoms with E-state index in [9.17, 15) is 14.4 Å². The molecule has 0 bridgehead atoms. The molecule has 0 saturated heterocycles. The smallest absolute Gasteiger partial charge is 0.308 e. The lowest BCUT2D eigenvalue weighted by Crippen LogP contribution is -2.39. The number of H-pyrrole nitrogens is 1. The van der Waals surface area contributed by atoms with Crippen LogP contribution in [0.25, 0.3) is 22.0 Å². The Hall–Kier alpha value is -4.04. The van der Waals surface area contributed by atoms with E-state index in [0.29, 0.717) is 53.1 Å². The van der Waals surface area contributed by atoms with Crippen molar-refractivity contribution < 1.29 is 19.1 Å². The van der Waals surface area contributed by atoms with E-state index in [4.69, 9.17) is 21.1 Å². The van der Waals surface area contributed by atoms with Crippen molar-refractivity contribution in [1.29, 1.82) is 0 Å². The minimum atomic E-state index is -0.280. The lowest BCUT2D eigenvalue weighted by Gasteiger charge is -2.27. The molecule has 2 aromatic heterocycles. The van der Waals surface area contributed by atoms with Crippen LogP contribution < -0.4 is 15.6 Å². The zero-order valence-electron chi connectivity index (χ0n) is 23.9. The quantitative estimate of drug-likeness (QED) is 0.260. The number of nitrogens with zero attached hydrogens (tertiary/aromatic N) is 1. The van der Waals surface area contributed by atoms with E-state index in [2.05, 4.69) is 10.3 Å². The van der Waals surface area contributed by atoms with Crippen molar-refractivity contribution in [1.82, 2.24) is 14.9 Å². The van der Waals surface area contributed by atoms with Crippen LogP contribution in [0.5, 0.6) is 11.5 Å². The van der Waals surface area contributed by atoms with Crippen LogP contribution in [0.4, 0.5) is 0 Å². The lowest BCUT2D eigenvalue weighted by atomic mass is 9.86. The van der Waals surface area contributed by atoms with Crippen LogP contribution in [-0.2, 0) is 16.6 Å². The van der Waals surface area contributed by atoms with E-state index in [0.717, 1.165) is 33.6 Å². The second-order valence-corrected chi connectivity index (χ2v) is 11.4. The summed E-state index contributed by atoms with van der Waals surface area (Å²) in [6.45, 7) is 5.90. The maximum absolute atomic E-state index is 13.2. The molecule has 2 aromatic carbocycles. The number of fused-ring (bicyclic) bond motifs is 1. The van der Waals surface area contributed by atoms with Crippen molar-refractivity contribution in [2.75, 3.05) is 7.11 Å². The van der Waals surface area contributed by atoms with Gasteiger partial charge in [0.05, 0.1) is 13.0 Å². The van der Waals surface area contributed by atoms with Crippen LogP contribution in [0, 0.1) is 26.7 Å². The number of pyridine rings is 1. The molecule has 214 valence electrons. The Morgan fingerprint density at radius 3 is 2.34 bits per heavy atom. The van der Waals surface area contributed by atoms with E-state index in [-0.39, 0.29) is 29.4 Å². The number of hydrogen-bond donors (Lipinski definition) is 2. The number of carbonyl (C=O) groups is 2. The minimum absolute atomic E-state index is 0.0478. The maximum Gasteiger partial charge on any atom is 0.308 e. The Labute approximate surface area is 243 Å². The number of amides is 1. The van der Waals surface area contributed by atoms with Crippen molar-refractivity contribution in [3.05, 3.63) is 80.4 Å². The summed E-state index contributed by atoms with van der Waals surface area (Å²) in [5.41, 5.74) is 4.96. The standard InChI is InChI=1S/C32H34ClN3O5/c1-17-10-21(14-24(11-17)41-29-18(2)12-22(33)13-19(29)3)26-16-36(4)31(38)28-25(26)15-27(35-28)30(37)34-23-8-6-20(7-9-23)32(39)40-5/h10-16,20,23,35H,6-9H2,1-5H3,(H,34,37). The summed E-state index contributed by atoms with van der Waals surface area (Å²) in [5, 5.41) is 4.38. The number of aromatic nitrogens is 2. The summed E-state index contributed by atoms with van der Waals surface area (Å²) in [6.07, 6.45) is 4.50. The first-order valence-corrected chi connectivity index (χ1v) is 14.1. The van der Waals surface area contributed by atoms with Crippen molar-refractivity contribution in [3.63, 3.8) is 0 Å². The third-order valence-corrected chi connectivity index (χ3v) is 8.03. The summed E-state index contributed by atoms with van der Waals surface area (Å²) in [6, 6.07) is 11.3. The average molecular weight is 576 g/mol. The minimum Gasteiger partial charge on any atom is -0.469 e. The first-order chi connectivity index (χ1) is 19.5. The van der Waals surface area contributed by atoms with Crippen molar-refractivity contribution >= 4 is 34.4 Å². The lowest BCUT2D eigenvalue weighted by molar-refractivity contribution is -0.146. The molecule has 1 amide bonds. The zero-order valence-corrected chi connectivity index (χ0v) is 24.6. The molecule has 9 heteroatoms. The fourth-order valence-electron chi connectivity index (χ4n) is 5.73. The van der Waals surface area contributed by atoms with E-state index >= 15 is 0 Å². The van der Waals surface area contributed by atoms with Crippen LogP contribution >= 0.6 is 11.6 Å². The number of ether oxygens (including phenoxy) is 2. The van der Waals surface area contributed by atoms with Gasteiger partial charge in [-0.15, -0.1) is 0 Å². The maximum atomic E-state index is 13.2. The molecule has 2 heterocycles. The molecule has 8 nitrogen and oxygen atoms in total. The number of nitrogens with one attached hydrogen (secondary N) is 2. The molecule has 2 N–H and O–H groups in total. The van der Waals surface area contributed by atoms with Crippen LogP contribution in [-0.4, -0.2) is 34.6 Å². The van der Waals surface area contributed by atoms with E-state index in [1.165, 1.54) is 11.7 Å². The number of methoxy groups -OCH3 is 1. The highest BCUT2D eigenvalue weighted by molar-refractivity contribution is 6.30. The van der Waals surface area contributed by atoms with Gasteiger partial charge in [-0.05, 0) is 99.0 Å². The average Bonchev–Trinajstić information content (AvgIpc) is 3.38. The highest BCUT2D eigenvalue weighted by Gasteiger charge is 2.28. The van der Waals surface area contributed by atoms with Gasteiger partial charge in [0, 0.05) is 35.3 Å². The predicted octanol–water partition coefficient (Wildman–Crippen LogP) is 6.37. The molecule has 1 fully saturated rings. The van der Waals surface area contributed by atoms with Gasteiger partial charge >= 0.3 is 5.97 Å². The molecule has 41 heavy (non-hydrogen) atoms. The van der Waals surface area contributed by atoms with E-state index < -0.39 is 0 Å². The van der Waals surface area contributed by atoms with Gasteiger partial charge in [-0.3, -0.25) is 14.4 Å². The Bertz CT molecular complexity index is 1690. The van der Waals surface area contributed by atoms with Gasteiger partial charge in [-0.2, -0.15) is 0 Å². The predicted molar refractivity (Wildman–Crippen MR) is 160 cm³/mol. The van der Waals surface area contributed by atoms with Crippen molar-refractivity contribution in [2.24, 2.45) is 13.0 Å². The summed E-state index contributed by atoms with van der Waals surface area (Å²) < 4.78 is 12.7. The first kappa shape index (κ1) is 28.5. The topological polar surface area (TPSA) is 102 Å². The molecule has 1 aliphatic carbocycles. The molecule has 1 saturated carbocycles. The van der Waals surface area contributed by atoms with Gasteiger partial charge in [0.2, 0.25) is 0 Å². The van der Waals surface area contributed by atoms with Crippen LogP contribution in [0.3, 0.4) is 0 Å². The third kappa shape index (κ3) is 5.88. The number of aryl methyl sites for hydroxylation is 4. The fraction of sp³-hybridized carbons (Fsp3) is 0.344. The van der Waals surface area contributed by atoms with Gasteiger partial charge in [0.15, 0.2) is 0 Å². The van der Waals surface area contributed by atoms with Crippen LogP contribution in [0.2, 0.25) is 5.02 Å². The Balaban J connectivity index is 1.46. The zero-order chi connectivity index (χ0) is 29.4. The molecule has 1 aliphatic rings. The van der Waals surface area contributed by atoms with E-state index in [1.807, 2.05) is 51.1 Å². The normalized spacial score (nSPS) is 16.9. The van der Waals surface area contributed by atoms with Gasteiger partial charge < -0.3 is 24.3 Å². The second-order valence-electron chi connectivity index (χ2n) is 11.0. The first-order valence-electron chi connectivity index (χ1n) is 13.7. The number of aromatic amines is 1. The summed E-state index contributed by atoms with van der Waals surface area (Å²) in [5.74, 6) is 0.807. The van der Waals surface area contributed by atoms with Gasteiger partial charge in [-0.25, -0.2) is 0 Å². The fourth-order valence-corrected chi connectivity index (χ4v) is 6.06. The highest BCUT2D eigenvalue weighted by Crippen LogP contribution is 2.36. The number of rotatable bonds is 6. The summed E-state index contributed by atoms with van der Waals surface area (Å²) in [4.78, 5) is 41.2. The van der Waals surface area contributed by atoms with Gasteiger partial charge in [0.1, 0.15) is 22.7 Å². The molecule has 0 unspecified atom stereocenters. The number of hydrogen-bond acceptors (Lipinski definition) is 5. The SMILES string of the molecule is COC(=O)C1CCC(NC(=O)c2cc3c(-c4cc(C)cc(Oc5c(C)cc(Cl)cc5C)c4)cn(C)c(=O)c3[nH]2)CC1. The number of benzene rings is 2. The highest BCUT2D eigenvalue weighted by atomic mass is 35.5. The van der Waals surface area contributed by atoms with Crippen molar-refractivity contribution in [2.45, 2.75) is 52.5 Å². The molecular weight excluding hydrogens is 542 g/mol. The monoisotopic (exact) mass is 575 g/mol. The Kier molecular flexibility index (Phi) is 7.95. The Morgan fingerprint density at radius 2 is 1.68 bits per heavy atom. The molecule has 0 spiro atoms. The molecular formula is C32H34ClN3O5. The number of carbonyl (C=O) groups excluding carboxylic acids is 2. The summed E-state index contributed by atoms with van der Waals surface area (Å²) >= 11 is 6.21. The molecule has 0 radical (unpaired) electrons. The molecule has 4 aromatic rings. The van der Waals surface area contributed by atoms with Gasteiger partial charge in [-0.1, -0.05) is 17.7 Å². The third-order valence-electron chi connectivity index (χ3n) is 7.81. The largest absolute Gasteiger partial charge is 0.469 e. The molecule has 0 aliphatic heterocycles. The number of esters is 1.